The average molecular weight is 422 g/mol. The number of pyridine rings is 1. The summed E-state index contributed by atoms with van der Waals surface area (Å²) in [6.07, 6.45) is 3.86. The lowest BCUT2D eigenvalue weighted by molar-refractivity contribution is 0.300. The van der Waals surface area contributed by atoms with Crippen LogP contribution in [-0.2, 0) is 4.74 Å². The van der Waals surface area contributed by atoms with Gasteiger partial charge in [0.25, 0.3) is 0 Å². The van der Waals surface area contributed by atoms with Crippen molar-refractivity contribution in [3.8, 4) is 5.88 Å². The highest BCUT2D eigenvalue weighted by Gasteiger charge is 2.16. The lowest BCUT2D eigenvalue weighted by Crippen LogP contribution is -2.12. The SMILES string of the molecule is C/C=C(OC)/C(=C/C)C1=C=C=C=C=C1COc1cccc(N(C)c2[c]c#cc#c2)n1.CC. The molecule has 0 N–H and O–H groups in total. The normalized spacial score (nSPS) is 11.9. The van der Waals surface area contributed by atoms with Crippen LogP contribution >= 0.6 is 0 Å². The van der Waals surface area contributed by atoms with Gasteiger partial charge in [-0.25, -0.2) is 0 Å². The maximum atomic E-state index is 5.95. The number of aromatic nitrogens is 1. The van der Waals surface area contributed by atoms with E-state index in [2.05, 4.69) is 58.2 Å². The highest BCUT2D eigenvalue weighted by molar-refractivity contribution is 5.57. The Hall–Kier alpha value is -4.25. The summed E-state index contributed by atoms with van der Waals surface area (Å²) >= 11 is 0. The van der Waals surface area contributed by atoms with E-state index in [0.717, 1.165) is 22.5 Å². The van der Waals surface area contributed by atoms with Crippen molar-refractivity contribution in [2.24, 2.45) is 0 Å². The summed E-state index contributed by atoms with van der Waals surface area (Å²) in [6.45, 7) is 8.11. The fourth-order valence-electron chi connectivity index (χ4n) is 2.81. The zero-order chi connectivity index (χ0) is 23.3. The Labute approximate surface area is 191 Å². The number of rotatable bonds is 8. The van der Waals surface area contributed by atoms with E-state index < -0.39 is 0 Å². The Morgan fingerprint density at radius 1 is 1.06 bits per heavy atom. The first-order valence-corrected chi connectivity index (χ1v) is 10.3. The van der Waals surface area contributed by atoms with Gasteiger partial charge in [0.2, 0.25) is 5.88 Å². The van der Waals surface area contributed by atoms with Crippen molar-refractivity contribution in [1.29, 1.82) is 0 Å². The molecule has 0 amide bonds. The molecule has 4 heteroatoms. The minimum Gasteiger partial charge on any atom is -0.496 e. The minimum atomic E-state index is 0.245. The van der Waals surface area contributed by atoms with Gasteiger partial charge in [0.05, 0.1) is 24.3 Å². The summed E-state index contributed by atoms with van der Waals surface area (Å²) in [5, 5.41) is 0. The molecule has 1 radical (unpaired) electrons. The summed E-state index contributed by atoms with van der Waals surface area (Å²) in [6, 6.07) is 19.5. The Kier molecular flexibility index (Phi) is 9.34. The van der Waals surface area contributed by atoms with Gasteiger partial charge in [0.15, 0.2) is 0 Å². The third-order valence-corrected chi connectivity index (χ3v) is 4.31. The van der Waals surface area contributed by atoms with Gasteiger partial charge < -0.3 is 14.4 Å². The second-order valence-electron chi connectivity index (χ2n) is 6.07. The van der Waals surface area contributed by atoms with Gasteiger partial charge in [-0.3, -0.25) is 0 Å². The Balaban J connectivity index is 0.00000176. The van der Waals surface area contributed by atoms with Crippen LogP contribution in [0.4, 0.5) is 11.5 Å². The third kappa shape index (κ3) is 5.89. The number of hydrogen-bond donors (Lipinski definition) is 0. The third-order valence-electron chi connectivity index (χ3n) is 4.31. The highest BCUT2D eigenvalue weighted by Crippen LogP contribution is 2.27. The van der Waals surface area contributed by atoms with Crippen LogP contribution in [0.15, 0.2) is 75.8 Å². The first-order chi connectivity index (χ1) is 15.7. The predicted molar refractivity (Wildman–Crippen MR) is 125 cm³/mol. The molecule has 2 aromatic rings. The predicted octanol–water partition coefficient (Wildman–Crippen LogP) is 5.68. The summed E-state index contributed by atoms with van der Waals surface area (Å²) in [5.41, 5.74) is 15.0. The largest absolute Gasteiger partial charge is 0.496 e. The topological polar surface area (TPSA) is 34.6 Å². The van der Waals surface area contributed by atoms with Crippen molar-refractivity contribution in [2.75, 3.05) is 25.7 Å². The van der Waals surface area contributed by atoms with Crippen molar-refractivity contribution in [2.45, 2.75) is 27.7 Å². The molecule has 1 aliphatic rings. The lowest BCUT2D eigenvalue weighted by Gasteiger charge is -2.17. The van der Waals surface area contributed by atoms with Gasteiger partial charge in [0.1, 0.15) is 23.9 Å². The quantitative estimate of drug-likeness (QED) is 0.312. The van der Waals surface area contributed by atoms with Crippen molar-refractivity contribution in [1.82, 2.24) is 4.98 Å². The highest BCUT2D eigenvalue weighted by atomic mass is 16.5. The molecule has 0 spiro atoms. The summed E-state index contributed by atoms with van der Waals surface area (Å²) in [4.78, 5) is 6.38. The van der Waals surface area contributed by atoms with E-state index >= 15 is 0 Å². The molecule has 3 rings (SSSR count). The molecule has 1 aliphatic carbocycles. The molecular formula is C28H25N2O2. The van der Waals surface area contributed by atoms with Crippen LogP contribution in [-0.4, -0.2) is 25.7 Å². The van der Waals surface area contributed by atoms with Gasteiger partial charge >= 0.3 is 0 Å². The molecule has 0 fully saturated rings. The van der Waals surface area contributed by atoms with Crippen molar-refractivity contribution < 1.29 is 9.47 Å². The van der Waals surface area contributed by atoms with Crippen molar-refractivity contribution >= 4 is 11.5 Å². The molecule has 1 heterocycles. The summed E-state index contributed by atoms with van der Waals surface area (Å²) in [7, 11) is 3.50. The van der Waals surface area contributed by atoms with Crippen LogP contribution in [0.25, 0.3) is 0 Å². The maximum absolute atomic E-state index is 5.95. The fourth-order valence-corrected chi connectivity index (χ4v) is 2.81. The molecular weight excluding hydrogens is 396 g/mol. The number of allylic oxidation sites excluding steroid dienone is 3. The van der Waals surface area contributed by atoms with E-state index in [1.165, 1.54) is 0 Å². The summed E-state index contributed by atoms with van der Waals surface area (Å²) in [5.74, 6) is 1.90. The second kappa shape index (κ2) is 12.4. The van der Waals surface area contributed by atoms with Crippen LogP contribution in [0.1, 0.15) is 27.7 Å². The van der Waals surface area contributed by atoms with E-state index in [-0.39, 0.29) is 6.61 Å². The molecule has 0 atom stereocenters. The molecule has 159 valence electrons. The van der Waals surface area contributed by atoms with E-state index in [9.17, 15) is 0 Å². The lowest BCUT2D eigenvalue weighted by atomic mass is 9.96. The zero-order valence-electron chi connectivity index (χ0n) is 19.3. The van der Waals surface area contributed by atoms with E-state index in [1.807, 2.05) is 63.9 Å². The second-order valence-corrected chi connectivity index (χ2v) is 6.07. The Morgan fingerprint density at radius 3 is 2.50 bits per heavy atom. The Bertz CT molecular complexity index is 1150. The van der Waals surface area contributed by atoms with Gasteiger partial charge in [0, 0.05) is 18.7 Å². The fraction of sp³-hybridized carbons (Fsp3) is 0.250. The van der Waals surface area contributed by atoms with Gasteiger partial charge in [-0.1, -0.05) is 37.5 Å². The molecule has 0 unspecified atom stereocenters. The number of hydrogen-bond acceptors (Lipinski definition) is 4. The number of ether oxygens (including phenoxy) is 2. The van der Waals surface area contributed by atoms with Crippen LogP contribution in [0.2, 0.25) is 0 Å². The number of methoxy groups -OCH3 is 1. The van der Waals surface area contributed by atoms with E-state index in [4.69, 9.17) is 9.47 Å². The Morgan fingerprint density at radius 2 is 1.84 bits per heavy atom. The molecule has 0 saturated heterocycles. The van der Waals surface area contributed by atoms with Crippen LogP contribution in [0.3, 0.4) is 0 Å². The first kappa shape index (κ1) is 24.0. The van der Waals surface area contributed by atoms with Crippen molar-refractivity contribution in [3.63, 3.8) is 0 Å². The van der Waals surface area contributed by atoms with Crippen molar-refractivity contribution in [3.05, 3.63) is 106 Å². The number of nitrogens with zero attached hydrogens (tertiary/aromatic N) is 2. The molecule has 32 heavy (non-hydrogen) atoms. The number of anilines is 2. The van der Waals surface area contributed by atoms with Gasteiger partial charge in [-0.15, -0.1) is 0 Å². The average Bonchev–Trinajstić information content (AvgIpc) is 2.87. The monoisotopic (exact) mass is 421 g/mol. The van der Waals surface area contributed by atoms with Crippen LogP contribution in [0.5, 0.6) is 5.88 Å². The summed E-state index contributed by atoms with van der Waals surface area (Å²) < 4.78 is 11.4. The van der Waals surface area contributed by atoms with Crippen LogP contribution < -0.4 is 9.64 Å². The molecule has 0 bridgehead atoms. The molecule has 4 nitrogen and oxygen atoms in total. The molecule has 1 aromatic carbocycles. The maximum Gasteiger partial charge on any atom is 0.215 e. The molecule has 1 aromatic heterocycles. The minimum absolute atomic E-state index is 0.245. The molecule has 0 saturated carbocycles. The molecule has 0 aliphatic heterocycles. The first-order valence-electron chi connectivity index (χ1n) is 10.3. The standard InChI is InChI=1S/C26H19N2O2.C2H6/c1-5-22(24(6-2)29-4)23-16-11-10-13-20(23)19-30-26-18-12-17-25(27-26)28(3)21-14-8-7-9-15-21;1-2/h5-6,12,17-18H,19H2,1-4H3;1-2H3/b22-5+,24-6-;. The zero-order valence-corrected chi connectivity index (χ0v) is 19.3. The van der Waals surface area contributed by atoms with Crippen LogP contribution in [0, 0.1) is 30.3 Å². The van der Waals surface area contributed by atoms with E-state index in [0.29, 0.717) is 17.4 Å². The van der Waals surface area contributed by atoms with Gasteiger partial charge in [-0.05, 0) is 61.7 Å². The van der Waals surface area contributed by atoms with Gasteiger partial charge in [-0.2, -0.15) is 4.98 Å². The smallest absolute Gasteiger partial charge is 0.215 e. The van der Waals surface area contributed by atoms with E-state index in [1.54, 1.807) is 13.2 Å².